The van der Waals surface area contributed by atoms with Crippen LogP contribution in [0.25, 0.3) is 0 Å². The molecule has 0 radical (unpaired) electrons. The monoisotopic (exact) mass is 259 g/mol. The molecule has 1 aromatic rings. The summed E-state index contributed by atoms with van der Waals surface area (Å²) < 4.78 is 31.4. The number of hydrogen-bond acceptors (Lipinski definition) is 3. The number of anilines is 1. The predicted octanol–water partition coefficient (Wildman–Crippen LogP) is 2.50. The summed E-state index contributed by atoms with van der Waals surface area (Å²) in [6.07, 6.45) is 0.322. The first kappa shape index (κ1) is 14.2. The number of carbonyl (C=O) groups is 1. The number of carboxylic acid groups (broad SMARTS) is 1. The van der Waals surface area contributed by atoms with Gasteiger partial charge in [-0.05, 0) is 6.42 Å². The normalized spacial score (nSPS) is 12.0. The number of methoxy groups -OCH3 is 1. The molecule has 2 N–H and O–H groups in total. The van der Waals surface area contributed by atoms with Crippen molar-refractivity contribution in [2.45, 2.75) is 13.3 Å². The van der Waals surface area contributed by atoms with E-state index in [0.717, 1.165) is 12.1 Å². The van der Waals surface area contributed by atoms with Crippen LogP contribution in [0.15, 0.2) is 12.1 Å². The molecule has 1 atom stereocenters. The maximum atomic E-state index is 13.5. The van der Waals surface area contributed by atoms with E-state index in [4.69, 9.17) is 5.11 Å². The highest BCUT2D eigenvalue weighted by molar-refractivity contribution is 5.69. The zero-order valence-corrected chi connectivity index (χ0v) is 10.2. The van der Waals surface area contributed by atoms with Crippen LogP contribution in [0.3, 0.4) is 0 Å². The first-order valence-corrected chi connectivity index (χ1v) is 5.45. The molecule has 0 saturated heterocycles. The zero-order valence-electron chi connectivity index (χ0n) is 10.2. The molecule has 4 nitrogen and oxygen atoms in total. The van der Waals surface area contributed by atoms with Crippen LogP contribution in [-0.4, -0.2) is 24.7 Å². The van der Waals surface area contributed by atoms with Crippen molar-refractivity contribution in [1.29, 1.82) is 0 Å². The Bertz CT molecular complexity index is 438. The molecule has 18 heavy (non-hydrogen) atoms. The van der Waals surface area contributed by atoms with Crippen LogP contribution in [-0.2, 0) is 4.79 Å². The van der Waals surface area contributed by atoms with Gasteiger partial charge in [0.25, 0.3) is 0 Å². The van der Waals surface area contributed by atoms with Gasteiger partial charge in [0.15, 0.2) is 11.6 Å². The molecule has 0 fully saturated rings. The third-order valence-electron chi connectivity index (χ3n) is 2.56. The standard InChI is InChI=1S/C12H15F2NO3/c1-7(12(16)17)3-4-15-10-5-9(14)11(18-2)6-8(10)13/h5-7,15H,3-4H2,1-2H3,(H,16,17). The Morgan fingerprint density at radius 3 is 2.67 bits per heavy atom. The third kappa shape index (κ3) is 3.58. The molecule has 0 heterocycles. The number of benzene rings is 1. The van der Waals surface area contributed by atoms with Crippen LogP contribution in [0, 0.1) is 17.6 Å². The van der Waals surface area contributed by atoms with E-state index in [1.54, 1.807) is 6.92 Å². The van der Waals surface area contributed by atoms with Crippen LogP contribution in [0.4, 0.5) is 14.5 Å². The molecule has 0 aliphatic carbocycles. The molecule has 100 valence electrons. The summed E-state index contributed by atoms with van der Waals surface area (Å²) in [5.74, 6) is -2.94. The average molecular weight is 259 g/mol. The minimum atomic E-state index is -0.918. The molecular formula is C12H15F2NO3. The Morgan fingerprint density at radius 2 is 2.11 bits per heavy atom. The number of halogens is 2. The van der Waals surface area contributed by atoms with Crippen molar-refractivity contribution in [3.63, 3.8) is 0 Å². The molecule has 1 unspecified atom stereocenters. The molecule has 0 aromatic heterocycles. The number of hydrogen-bond donors (Lipinski definition) is 2. The van der Waals surface area contributed by atoms with E-state index in [1.165, 1.54) is 7.11 Å². The molecule has 0 spiro atoms. The largest absolute Gasteiger partial charge is 0.494 e. The molecule has 0 aliphatic heterocycles. The second-order valence-electron chi connectivity index (χ2n) is 3.92. The third-order valence-corrected chi connectivity index (χ3v) is 2.56. The van der Waals surface area contributed by atoms with Gasteiger partial charge in [0, 0.05) is 18.7 Å². The van der Waals surface area contributed by atoms with Crippen molar-refractivity contribution < 1.29 is 23.4 Å². The fourth-order valence-corrected chi connectivity index (χ4v) is 1.37. The van der Waals surface area contributed by atoms with E-state index in [-0.39, 0.29) is 18.0 Å². The highest BCUT2D eigenvalue weighted by Crippen LogP contribution is 2.24. The van der Waals surface area contributed by atoms with Crippen LogP contribution in [0.2, 0.25) is 0 Å². The summed E-state index contributed by atoms with van der Waals surface area (Å²) in [6.45, 7) is 1.80. The number of rotatable bonds is 6. The highest BCUT2D eigenvalue weighted by Gasteiger charge is 2.12. The smallest absolute Gasteiger partial charge is 0.306 e. The lowest BCUT2D eigenvalue weighted by molar-refractivity contribution is -0.141. The van der Waals surface area contributed by atoms with Crippen LogP contribution in [0.5, 0.6) is 5.75 Å². The summed E-state index contributed by atoms with van der Waals surface area (Å²) in [4.78, 5) is 10.6. The molecule has 1 rings (SSSR count). The van der Waals surface area contributed by atoms with Gasteiger partial charge in [0.2, 0.25) is 0 Å². The lowest BCUT2D eigenvalue weighted by Gasteiger charge is -2.11. The van der Waals surface area contributed by atoms with Crippen LogP contribution in [0.1, 0.15) is 13.3 Å². The predicted molar refractivity (Wildman–Crippen MR) is 62.8 cm³/mol. The van der Waals surface area contributed by atoms with E-state index >= 15 is 0 Å². The number of ether oxygens (including phenoxy) is 1. The van der Waals surface area contributed by atoms with Gasteiger partial charge in [-0.2, -0.15) is 0 Å². The van der Waals surface area contributed by atoms with Gasteiger partial charge < -0.3 is 15.2 Å². The number of aliphatic carboxylic acids is 1. The fourth-order valence-electron chi connectivity index (χ4n) is 1.37. The quantitative estimate of drug-likeness (QED) is 0.824. The van der Waals surface area contributed by atoms with Crippen LogP contribution < -0.4 is 10.1 Å². The minimum absolute atomic E-state index is 0.00844. The van der Waals surface area contributed by atoms with Gasteiger partial charge in [-0.15, -0.1) is 0 Å². The van der Waals surface area contributed by atoms with Crippen molar-refractivity contribution in [1.82, 2.24) is 0 Å². The Hall–Kier alpha value is -1.85. The number of carboxylic acids is 1. The van der Waals surface area contributed by atoms with E-state index in [2.05, 4.69) is 10.1 Å². The lowest BCUT2D eigenvalue weighted by Crippen LogP contribution is -2.15. The van der Waals surface area contributed by atoms with E-state index < -0.39 is 23.5 Å². The van der Waals surface area contributed by atoms with Gasteiger partial charge in [-0.25, -0.2) is 8.78 Å². The zero-order chi connectivity index (χ0) is 13.7. The summed E-state index contributed by atoms with van der Waals surface area (Å²) in [5.41, 5.74) is -0.00844. The number of nitrogens with one attached hydrogen (secondary N) is 1. The Balaban J connectivity index is 2.63. The van der Waals surface area contributed by atoms with Crippen molar-refractivity contribution in [3.05, 3.63) is 23.8 Å². The van der Waals surface area contributed by atoms with E-state index in [9.17, 15) is 13.6 Å². The second-order valence-corrected chi connectivity index (χ2v) is 3.92. The summed E-state index contributed by atoms with van der Waals surface area (Å²) in [7, 11) is 1.25. The first-order valence-electron chi connectivity index (χ1n) is 5.45. The molecule has 0 aliphatic rings. The fraction of sp³-hybridized carbons (Fsp3) is 0.417. The molecule has 0 amide bonds. The highest BCUT2D eigenvalue weighted by atomic mass is 19.1. The average Bonchev–Trinajstić information content (AvgIpc) is 2.32. The molecule has 1 aromatic carbocycles. The van der Waals surface area contributed by atoms with Gasteiger partial charge >= 0.3 is 5.97 Å². The Labute approximate surface area is 104 Å². The van der Waals surface area contributed by atoms with Gasteiger partial charge in [-0.3, -0.25) is 4.79 Å². The van der Waals surface area contributed by atoms with Crippen molar-refractivity contribution in [2.24, 2.45) is 5.92 Å². The van der Waals surface area contributed by atoms with Crippen molar-refractivity contribution in [3.8, 4) is 5.75 Å². The molecule has 0 bridgehead atoms. The summed E-state index contributed by atoms with van der Waals surface area (Å²) in [5, 5.41) is 11.3. The summed E-state index contributed by atoms with van der Waals surface area (Å²) >= 11 is 0. The minimum Gasteiger partial charge on any atom is -0.494 e. The Morgan fingerprint density at radius 1 is 1.44 bits per heavy atom. The first-order chi connectivity index (χ1) is 8.45. The maximum absolute atomic E-state index is 13.5. The van der Waals surface area contributed by atoms with Gasteiger partial charge in [0.05, 0.1) is 18.7 Å². The van der Waals surface area contributed by atoms with Gasteiger partial charge in [-0.1, -0.05) is 6.92 Å². The van der Waals surface area contributed by atoms with Gasteiger partial charge in [0.1, 0.15) is 5.82 Å². The Kier molecular flexibility index (Phi) is 4.88. The summed E-state index contributed by atoms with van der Waals surface area (Å²) in [6, 6.07) is 1.93. The lowest BCUT2D eigenvalue weighted by atomic mass is 10.1. The van der Waals surface area contributed by atoms with Crippen LogP contribution >= 0.6 is 0 Å². The molecule has 0 saturated carbocycles. The maximum Gasteiger partial charge on any atom is 0.306 e. The molecular weight excluding hydrogens is 244 g/mol. The van der Waals surface area contributed by atoms with Crippen molar-refractivity contribution >= 4 is 11.7 Å². The van der Waals surface area contributed by atoms with E-state index in [0.29, 0.717) is 6.42 Å². The topological polar surface area (TPSA) is 58.6 Å². The second kappa shape index (κ2) is 6.18. The molecule has 6 heteroatoms. The van der Waals surface area contributed by atoms with Crippen molar-refractivity contribution in [2.75, 3.05) is 19.0 Å². The SMILES string of the molecule is COc1cc(F)c(NCCC(C)C(=O)O)cc1F. The van der Waals surface area contributed by atoms with E-state index in [1.807, 2.05) is 0 Å².